The number of hydrogen-bond donors (Lipinski definition) is 3. The van der Waals surface area contributed by atoms with Gasteiger partial charge in [0.25, 0.3) is 0 Å². The summed E-state index contributed by atoms with van der Waals surface area (Å²) in [6, 6.07) is 65.0. The van der Waals surface area contributed by atoms with E-state index in [-0.39, 0.29) is 19.8 Å². The molecule has 0 saturated heterocycles. The fourth-order valence-corrected chi connectivity index (χ4v) is 9.78. The molecule has 10 heteroatoms. The van der Waals surface area contributed by atoms with Crippen LogP contribution < -0.4 is 31.8 Å². The van der Waals surface area contributed by atoms with Crippen molar-refractivity contribution in [1.29, 1.82) is 0 Å². The summed E-state index contributed by atoms with van der Waals surface area (Å²) in [4.78, 5) is 0. The van der Waals surface area contributed by atoms with E-state index in [0.717, 1.165) is 0 Å². The quantitative estimate of drug-likeness (QED) is 0.147. The van der Waals surface area contributed by atoms with Crippen molar-refractivity contribution >= 4 is 76.3 Å². The monoisotopic (exact) mass is 1140 g/mol. The number of rotatable bonds is 6. The van der Waals surface area contributed by atoms with E-state index in [1.807, 2.05) is 0 Å². The SMILES string of the molecule is CCO.CCO.CCO.[Cl][Re].[Cl][Re][Cl].c1ccc([PH+](c2ccccc2)c2ccccc2)cc1.c1ccc([PH+](c2ccccc2)c2ccccc2)cc1. The van der Waals surface area contributed by atoms with Crippen molar-refractivity contribution in [3.05, 3.63) is 182 Å². The van der Waals surface area contributed by atoms with Gasteiger partial charge >= 0.3 is 62.7 Å². The zero-order valence-electron chi connectivity index (χ0n) is 29.7. The molecule has 0 aliphatic heterocycles. The molecule has 0 spiro atoms. The first kappa shape index (κ1) is 50.3. The second kappa shape index (κ2) is 36.2. The van der Waals surface area contributed by atoms with E-state index in [9.17, 15) is 0 Å². The van der Waals surface area contributed by atoms with Gasteiger partial charge in [-0.1, -0.05) is 109 Å². The van der Waals surface area contributed by atoms with Crippen LogP contribution in [0.25, 0.3) is 0 Å². The van der Waals surface area contributed by atoms with Crippen molar-refractivity contribution in [3.8, 4) is 0 Å². The van der Waals surface area contributed by atoms with E-state index in [1.54, 1.807) is 20.8 Å². The summed E-state index contributed by atoms with van der Waals surface area (Å²) in [5, 5.41) is 31.3. The summed E-state index contributed by atoms with van der Waals surface area (Å²) in [7, 11) is 12.8. The second-order valence-electron chi connectivity index (χ2n) is 9.95. The average Bonchev–Trinajstić information content (AvgIpc) is 3.20. The van der Waals surface area contributed by atoms with Gasteiger partial charge in [0.15, 0.2) is 0 Å². The molecule has 3 N–H and O–H groups in total. The molecule has 0 aromatic heterocycles. The molecular weight excluding hydrogens is 1090 g/mol. The van der Waals surface area contributed by atoms with E-state index < -0.39 is 31.8 Å². The van der Waals surface area contributed by atoms with Gasteiger partial charge in [-0.3, -0.25) is 0 Å². The van der Waals surface area contributed by atoms with Crippen molar-refractivity contribution in [2.24, 2.45) is 0 Å². The van der Waals surface area contributed by atoms with Crippen LogP contribution in [0.1, 0.15) is 20.8 Å². The van der Waals surface area contributed by atoms with Crippen molar-refractivity contribution in [2.75, 3.05) is 19.8 Å². The molecule has 3 nitrogen and oxygen atoms in total. The minimum Gasteiger partial charge on any atom is -0.0620 e. The van der Waals surface area contributed by atoms with Crippen LogP contribution in [0.5, 0.6) is 0 Å². The van der Waals surface area contributed by atoms with Gasteiger partial charge in [0.1, 0.15) is 31.8 Å². The zero-order chi connectivity index (χ0) is 38.7. The summed E-state index contributed by atoms with van der Waals surface area (Å²) in [5.74, 6) is 0. The third kappa shape index (κ3) is 21.8. The van der Waals surface area contributed by atoms with Crippen LogP contribution in [0.4, 0.5) is 0 Å². The van der Waals surface area contributed by atoms with Gasteiger partial charge in [-0.2, -0.15) is 0 Å². The summed E-state index contributed by atoms with van der Waals surface area (Å²) in [5.41, 5.74) is 0. The summed E-state index contributed by atoms with van der Waals surface area (Å²) >= 11 is 0.472. The second-order valence-corrected chi connectivity index (χ2v) is 18.8. The fraction of sp³-hybridized carbons (Fsp3) is 0.143. The Kier molecular flexibility index (Phi) is 35.0. The Balaban J connectivity index is 0.000000743. The van der Waals surface area contributed by atoms with Gasteiger partial charge in [0.05, 0.1) is 15.8 Å². The first-order chi connectivity index (χ1) is 25.6. The van der Waals surface area contributed by atoms with Crippen molar-refractivity contribution in [1.82, 2.24) is 0 Å². The minimum absolute atomic E-state index is 0.250. The largest absolute Gasteiger partial charge is 0.102 e. The maximum absolute atomic E-state index is 7.57. The molecule has 0 aliphatic carbocycles. The molecule has 0 radical (unpaired) electrons. The maximum atomic E-state index is 7.57. The minimum atomic E-state index is -0.877. The molecule has 6 aromatic carbocycles. The summed E-state index contributed by atoms with van der Waals surface area (Å²) < 4.78 is 0. The fourth-order valence-electron chi connectivity index (χ4n) is 4.63. The molecule has 0 amide bonds. The van der Waals surface area contributed by atoms with Crippen molar-refractivity contribution < 1.29 is 49.4 Å². The Bertz CT molecular complexity index is 1270. The Morgan fingerprint density at radius 1 is 0.365 bits per heavy atom. The Hall–Kier alpha value is -1.75. The van der Waals surface area contributed by atoms with Crippen LogP contribution in [0.15, 0.2) is 182 Å². The topological polar surface area (TPSA) is 60.7 Å². The normalized spacial score (nSPS) is 9.23. The maximum Gasteiger partial charge on any atom is 0.102 e. The molecule has 0 bridgehead atoms. The number of halogens is 3. The molecule has 0 heterocycles. The third-order valence-corrected chi connectivity index (χ3v) is 11.8. The molecule has 0 fully saturated rings. The molecule has 0 saturated carbocycles. The van der Waals surface area contributed by atoms with E-state index in [0.29, 0.717) is 0 Å². The van der Waals surface area contributed by atoms with Crippen LogP contribution in [0.2, 0.25) is 0 Å². The standard InChI is InChI=1S/2C18H15P.3C2H6O.3ClH.2Re/c2*1-4-10-16(11-5-1)19(17-12-6-2-7-13-17)18-14-8-3-9-15-18;3*1-2-3;;;;;/h2*1-15H;3*3H,2H2,1H3;3*1H;;/q;;;;;;;;+1;+2/p-1. The predicted molar refractivity (Wildman–Crippen MR) is 229 cm³/mol. The van der Waals surface area contributed by atoms with Gasteiger partial charge in [-0.05, 0) is 93.6 Å². The number of benzene rings is 6. The van der Waals surface area contributed by atoms with Crippen LogP contribution in [0, 0.1) is 0 Å². The van der Waals surface area contributed by atoms with E-state index >= 15 is 0 Å². The van der Waals surface area contributed by atoms with E-state index in [1.165, 1.54) is 50.0 Å². The van der Waals surface area contributed by atoms with Crippen LogP contribution in [0.3, 0.4) is 0 Å². The third-order valence-electron chi connectivity index (χ3n) is 6.37. The number of hydrogen-bond acceptors (Lipinski definition) is 3. The number of aliphatic hydroxyl groups is 3. The van der Waals surface area contributed by atoms with Gasteiger partial charge in [0.2, 0.25) is 0 Å². The molecule has 279 valence electrons. The molecule has 0 unspecified atom stereocenters. The predicted octanol–water partition coefficient (Wildman–Crippen LogP) is 8.41. The zero-order valence-corrected chi connectivity index (χ0v) is 39.4. The van der Waals surface area contributed by atoms with Gasteiger partial charge in [0, 0.05) is 19.8 Å². The first-order valence-corrected chi connectivity index (χ1v) is 29.6. The summed E-state index contributed by atoms with van der Waals surface area (Å²) in [6.45, 7) is 5.79. The molecule has 0 aliphatic rings. The van der Waals surface area contributed by atoms with Crippen LogP contribution in [-0.4, -0.2) is 35.1 Å². The summed E-state index contributed by atoms with van der Waals surface area (Å²) in [6.07, 6.45) is 0. The smallest absolute Gasteiger partial charge is 0.0620 e. The Morgan fingerprint density at radius 2 is 0.462 bits per heavy atom. The number of aliphatic hydroxyl groups excluding tert-OH is 3. The van der Waals surface area contributed by atoms with Crippen molar-refractivity contribution in [2.45, 2.75) is 20.8 Å². The Labute approximate surface area is 345 Å². The van der Waals surface area contributed by atoms with Gasteiger partial charge in [-0.15, -0.1) is 0 Å². The molecule has 6 aromatic rings. The first-order valence-electron chi connectivity index (χ1n) is 16.5. The van der Waals surface area contributed by atoms with Crippen LogP contribution in [-0.2, 0) is 34.1 Å². The van der Waals surface area contributed by atoms with Crippen molar-refractivity contribution in [3.63, 3.8) is 0 Å². The van der Waals surface area contributed by atoms with Crippen LogP contribution >= 0.6 is 44.4 Å². The van der Waals surface area contributed by atoms with E-state index in [2.05, 4.69) is 182 Å². The van der Waals surface area contributed by atoms with E-state index in [4.69, 9.17) is 43.9 Å². The average molecular weight is 1140 g/mol. The molecule has 0 atom stereocenters. The molecule has 52 heavy (non-hydrogen) atoms. The molecule has 6 rings (SSSR count). The molecular formula is C42H50Cl3O3P2Re2+2. The van der Waals surface area contributed by atoms with Gasteiger partial charge < -0.3 is 15.3 Å². The Morgan fingerprint density at radius 3 is 0.558 bits per heavy atom. The van der Waals surface area contributed by atoms with Gasteiger partial charge in [-0.25, -0.2) is 0 Å².